The van der Waals surface area contributed by atoms with E-state index in [0.29, 0.717) is 31.0 Å². The number of ether oxygens (including phenoxy) is 2. The fourth-order valence-electron chi connectivity index (χ4n) is 3.88. The summed E-state index contributed by atoms with van der Waals surface area (Å²) in [4.78, 5) is 33.0. The van der Waals surface area contributed by atoms with E-state index in [-0.39, 0.29) is 17.7 Å². The fraction of sp³-hybridized carbons (Fsp3) is 0.286. The molecule has 2 aromatic heterocycles. The highest BCUT2D eigenvalue weighted by Gasteiger charge is 2.23. The van der Waals surface area contributed by atoms with E-state index < -0.39 is 11.7 Å². The number of nitrogens with two attached hydrogens (primary N) is 1. The number of rotatable bonds is 11. The Kier molecular flexibility index (Phi) is 10.7. The molecule has 5 N–H and O–H groups in total. The Morgan fingerprint density at radius 1 is 1.12 bits per heavy atom. The molecule has 0 aliphatic carbocycles. The SMILES string of the molecule is CC(=O)O.CCc1cc(OCCOC)cc(C(Cc2ccc(C(=N)N)cc2)c2nn(-c3ncccn3)c(=O)[nH]2)c1. The third kappa shape index (κ3) is 8.33. The molecular formula is C28H33N7O5. The van der Waals surface area contributed by atoms with Crippen molar-refractivity contribution in [2.75, 3.05) is 20.3 Å². The molecule has 40 heavy (non-hydrogen) atoms. The molecule has 0 aliphatic heterocycles. The molecule has 2 heterocycles. The topological polar surface area (TPSA) is 182 Å². The summed E-state index contributed by atoms with van der Waals surface area (Å²) < 4.78 is 12.2. The normalized spacial score (nSPS) is 11.3. The largest absolute Gasteiger partial charge is 0.491 e. The van der Waals surface area contributed by atoms with Gasteiger partial charge in [0, 0.05) is 37.9 Å². The number of methoxy groups -OCH3 is 1. The summed E-state index contributed by atoms with van der Waals surface area (Å²) in [5.41, 5.74) is 8.90. The quantitative estimate of drug-likeness (QED) is 0.125. The summed E-state index contributed by atoms with van der Waals surface area (Å²) in [5.74, 6) is 0.297. The van der Waals surface area contributed by atoms with Gasteiger partial charge in [-0.05, 0) is 47.7 Å². The summed E-state index contributed by atoms with van der Waals surface area (Å²) >= 11 is 0. The van der Waals surface area contributed by atoms with Gasteiger partial charge in [0.05, 0.1) is 6.61 Å². The maximum Gasteiger partial charge on any atom is 0.350 e. The van der Waals surface area contributed by atoms with Gasteiger partial charge in [0.1, 0.15) is 24.0 Å². The zero-order chi connectivity index (χ0) is 29.1. The van der Waals surface area contributed by atoms with Gasteiger partial charge in [-0.25, -0.2) is 14.8 Å². The number of nitrogens with zero attached hydrogens (tertiary/aromatic N) is 4. The van der Waals surface area contributed by atoms with Crippen LogP contribution in [-0.4, -0.2) is 62.0 Å². The molecule has 0 saturated carbocycles. The first-order valence-corrected chi connectivity index (χ1v) is 12.6. The van der Waals surface area contributed by atoms with E-state index in [2.05, 4.69) is 33.0 Å². The van der Waals surface area contributed by atoms with Crippen molar-refractivity contribution in [3.05, 3.63) is 99.5 Å². The van der Waals surface area contributed by atoms with Crippen LogP contribution in [-0.2, 0) is 22.4 Å². The van der Waals surface area contributed by atoms with Gasteiger partial charge in [0.25, 0.3) is 11.9 Å². The van der Waals surface area contributed by atoms with Gasteiger partial charge >= 0.3 is 5.69 Å². The first-order chi connectivity index (χ1) is 19.2. The first-order valence-electron chi connectivity index (χ1n) is 12.6. The van der Waals surface area contributed by atoms with Gasteiger partial charge in [-0.15, -0.1) is 9.78 Å². The third-order valence-corrected chi connectivity index (χ3v) is 5.77. The number of carboxylic acid groups (broad SMARTS) is 1. The predicted octanol–water partition coefficient (Wildman–Crippen LogP) is 2.69. The number of benzene rings is 2. The van der Waals surface area contributed by atoms with E-state index in [9.17, 15) is 4.79 Å². The lowest BCUT2D eigenvalue weighted by Crippen LogP contribution is -2.18. The average molecular weight is 548 g/mol. The number of carbonyl (C=O) groups is 1. The number of amidine groups is 1. The van der Waals surface area contributed by atoms with E-state index in [1.807, 2.05) is 36.4 Å². The summed E-state index contributed by atoms with van der Waals surface area (Å²) in [5, 5.41) is 19.6. The minimum Gasteiger partial charge on any atom is -0.491 e. The smallest absolute Gasteiger partial charge is 0.350 e. The number of hydrogen-bond acceptors (Lipinski definition) is 8. The molecule has 0 spiro atoms. The highest BCUT2D eigenvalue weighted by Crippen LogP contribution is 2.30. The summed E-state index contributed by atoms with van der Waals surface area (Å²) in [6, 6.07) is 15.3. The van der Waals surface area contributed by atoms with Crippen molar-refractivity contribution < 1.29 is 19.4 Å². The lowest BCUT2D eigenvalue weighted by Gasteiger charge is -2.18. The van der Waals surface area contributed by atoms with Crippen LogP contribution in [0.5, 0.6) is 5.75 Å². The minimum atomic E-state index is -0.833. The van der Waals surface area contributed by atoms with E-state index >= 15 is 0 Å². The lowest BCUT2D eigenvalue weighted by molar-refractivity contribution is -0.134. The molecule has 12 heteroatoms. The van der Waals surface area contributed by atoms with Crippen LogP contribution in [0, 0.1) is 5.41 Å². The molecule has 1 unspecified atom stereocenters. The highest BCUT2D eigenvalue weighted by atomic mass is 16.5. The Balaban J connectivity index is 0.00000103. The Morgan fingerprint density at radius 3 is 2.40 bits per heavy atom. The van der Waals surface area contributed by atoms with E-state index in [1.54, 1.807) is 25.6 Å². The second kappa shape index (κ2) is 14.4. The van der Waals surface area contributed by atoms with Crippen molar-refractivity contribution in [3.8, 4) is 11.7 Å². The number of H-pyrrole nitrogens is 1. The maximum atomic E-state index is 12.8. The van der Waals surface area contributed by atoms with Crippen LogP contribution in [0.2, 0.25) is 0 Å². The van der Waals surface area contributed by atoms with E-state index in [1.165, 1.54) is 4.68 Å². The zero-order valence-corrected chi connectivity index (χ0v) is 22.6. The molecule has 0 bridgehead atoms. The standard InChI is InChI=1S/C26H29N7O3.C2H4O2/c1-3-17-13-20(16-21(14-17)36-12-11-35-2)22(15-18-5-7-19(8-6-18)23(27)28)24-31-26(34)33(32-24)25-29-9-4-10-30-25;1-2(3)4/h4-10,13-14,16,22H,3,11-12,15H2,1-2H3,(H3,27,28)(H,31,32,34);1H3,(H,3,4). The molecule has 0 saturated heterocycles. The summed E-state index contributed by atoms with van der Waals surface area (Å²) in [7, 11) is 1.63. The van der Waals surface area contributed by atoms with Crippen LogP contribution in [0.4, 0.5) is 0 Å². The van der Waals surface area contributed by atoms with Crippen molar-refractivity contribution in [3.63, 3.8) is 0 Å². The summed E-state index contributed by atoms with van der Waals surface area (Å²) in [6.07, 6.45) is 4.49. The highest BCUT2D eigenvalue weighted by molar-refractivity contribution is 5.94. The molecule has 0 fully saturated rings. The number of aryl methyl sites for hydroxylation is 1. The number of carboxylic acids is 1. The van der Waals surface area contributed by atoms with Gasteiger partial charge in [-0.1, -0.05) is 37.3 Å². The van der Waals surface area contributed by atoms with Crippen LogP contribution >= 0.6 is 0 Å². The van der Waals surface area contributed by atoms with Crippen molar-refractivity contribution in [2.45, 2.75) is 32.6 Å². The Bertz CT molecular complexity index is 1460. The maximum absolute atomic E-state index is 12.8. The van der Waals surface area contributed by atoms with Crippen molar-refractivity contribution in [1.82, 2.24) is 24.7 Å². The monoisotopic (exact) mass is 547 g/mol. The number of nitrogens with one attached hydrogen (secondary N) is 2. The molecule has 12 nitrogen and oxygen atoms in total. The van der Waals surface area contributed by atoms with Crippen molar-refractivity contribution in [2.24, 2.45) is 5.73 Å². The van der Waals surface area contributed by atoms with Crippen LogP contribution in [0.25, 0.3) is 5.95 Å². The number of nitrogen functional groups attached to an aromatic ring is 1. The summed E-state index contributed by atoms with van der Waals surface area (Å²) in [6.45, 7) is 4.07. The predicted molar refractivity (Wildman–Crippen MR) is 149 cm³/mol. The zero-order valence-electron chi connectivity index (χ0n) is 22.6. The minimum absolute atomic E-state index is 0.0116. The molecule has 1 atom stereocenters. The molecular weight excluding hydrogens is 514 g/mol. The molecule has 2 aromatic carbocycles. The van der Waals surface area contributed by atoms with E-state index in [0.717, 1.165) is 35.8 Å². The average Bonchev–Trinajstić information content (AvgIpc) is 3.33. The first kappa shape index (κ1) is 29.7. The molecule has 0 aliphatic rings. The Morgan fingerprint density at radius 2 is 1.80 bits per heavy atom. The van der Waals surface area contributed by atoms with Gasteiger partial charge < -0.3 is 20.3 Å². The molecule has 4 rings (SSSR count). The van der Waals surface area contributed by atoms with Gasteiger partial charge in [0.2, 0.25) is 0 Å². The third-order valence-electron chi connectivity index (χ3n) is 5.77. The van der Waals surface area contributed by atoms with Crippen LogP contribution in [0.3, 0.4) is 0 Å². The fourth-order valence-corrected chi connectivity index (χ4v) is 3.88. The van der Waals surface area contributed by atoms with Crippen LogP contribution in [0.1, 0.15) is 47.8 Å². The van der Waals surface area contributed by atoms with Gasteiger partial charge in [-0.2, -0.15) is 0 Å². The number of hydrogen-bond donors (Lipinski definition) is 4. The van der Waals surface area contributed by atoms with Crippen molar-refractivity contribution >= 4 is 11.8 Å². The number of aliphatic carboxylic acids is 1. The Hall–Kier alpha value is -4.84. The number of aromatic nitrogens is 5. The Labute approximate surface area is 231 Å². The molecule has 0 radical (unpaired) electrons. The second-order valence-electron chi connectivity index (χ2n) is 8.77. The van der Waals surface area contributed by atoms with Gasteiger partial charge in [0.15, 0.2) is 0 Å². The van der Waals surface area contributed by atoms with Gasteiger partial charge in [-0.3, -0.25) is 15.2 Å². The number of aromatic amines is 1. The van der Waals surface area contributed by atoms with Crippen molar-refractivity contribution in [1.29, 1.82) is 5.41 Å². The van der Waals surface area contributed by atoms with Crippen LogP contribution in [0.15, 0.2) is 65.7 Å². The second-order valence-corrected chi connectivity index (χ2v) is 8.77. The molecule has 210 valence electrons. The van der Waals surface area contributed by atoms with E-state index in [4.69, 9.17) is 30.5 Å². The lowest BCUT2D eigenvalue weighted by atomic mass is 9.89. The molecule has 4 aromatic rings. The molecule has 0 amide bonds. The van der Waals surface area contributed by atoms with Crippen LogP contribution < -0.4 is 16.2 Å².